The topological polar surface area (TPSA) is 34.9 Å². The Hall–Kier alpha value is -0.770. The second-order valence-electron chi connectivity index (χ2n) is 3.26. The lowest BCUT2D eigenvalue weighted by Crippen LogP contribution is -2.06. The summed E-state index contributed by atoms with van der Waals surface area (Å²) in [6.07, 6.45) is 0.989. The summed E-state index contributed by atoms with van der Waals surface area (Å²) in [4.78, 5) is 11.2. The van der Waals surface area contributed by atoms with E-state index in [1.165, 1.54) is 11.3 Å². The maximum Gasteiger partial charge on any atom is 0.180 e. The van der Waals surface area contributed by atoms with Gasteiger partial charge in [-0.1, -0.05) is 0 Å². The third-order valence-electron chi connectivity index (χ3n) is 2.34. The average molecular weight is 196 g/mol. The fourth-order valence-corrected chi connectivity index (χ4v) is 2.72. The fourth-order valence-electron chi connectivity index (χ4n) is 1.67. The van der Waals surface area contributed by atoms with Crippen molar-refractivity contribution in [1.82, 2.24) is 9.78 Å². The lowest BCUT2D eigenvalue weighted by Gasteiger charge is -2.11. The van der Waals surface area contributed by atoms with Crippen molar-refractivity contribution in [2.75, 3.05) is 5.75 Å². The molecule has 0 bridgehead atoms. The van der Waals surface area contributed by atoms with Crippen molar-refractivity contribution in [2.24, 2.45) is 7.05 Å². The number of nitrogens with zero attached hydrogens (tertiary/aromatic N) is 2. The minimum atomic E-state index is 0.0868. The zero-order valence-electron chi connectivity index (χ0n) is 7.83. The second-order valence-corrected chi connectivity index (χ2v) is 4.36. The summed E-state index contributed by atoms with van der Waals surface area (Å²) >= 11 is 1.90. The van der Waals surface area contributed by atoms with E-state index in [1.54, 1.807) is 6.92 Å². The third-order valence-corrected chi connectivity index (χ3v) is 3.31. The van der Waals surface area contributed by atoms with Crippen molar-refractivity contribution in [3.8, 4) is 0 Å². The van der Waals surface area contributed by atoms with Gasteiger partial charge in [0.25, 0.3) is 0 Å². The van der Waals surface area contributed by atoms with E-state index in [9.17, 15) is 4.79 Å². The summed E-state index contributed by atoms with van der Waals surface area (Å²) in [6.45, 7) is 1.59. The molecule has 0 aliphatic carbocycles. The van der Waals surface area contributed by atoms with Gasteiger partial charge in [0.05, 0.1) is 5.69 Å². The van der Waals surface area contributed by atoms with E-state index in [0.29, 0.717) is 5.69 Å². The number of fused-ring (bicyclic) bond motifs is 1. The van der Waals surface area contributed by atoms with Crippen molar-refractivity contribution in [2.45, 2.75) is 19.1 Å². The summed E-state index contributed by atoms with van der Waals surface area (Å²) in [6, 6.07) is 0. The van der Waals surface area contributed by atoms with Crippen LogP contribution in [0.2, 0.25) is 0 Å². The Kier molecular flexibility index (Phi) is 2.15. The molecule has 0 saturated heterocycles. The minimum absolute atomic E-state index is 0.0868. The number of Topliss-reactive ketones (excluding diaryl/α,β-unsaturated/α-hetero) is 1. The Labute approximate surface area is 81.5 Å². The lowest BCUT2D eigenvalue weighted by atomic mass is 10.1. The first kappa shape index (κ1) is 8.81. The molecule has 1 aromatic rings. The van der Waals surface area contributed by atoms with Crippen LogP contribution in [0.25, 0.3) is 0 Å². The molecule has 0 fully saturated rings. The van der Waals surface area contributed by atoms with Gasteiger partial charge in [-0.2, -0.15) is 16.9 Å². The zero-order valence-corrected chi connectivity index (χ0v) is 8.65. The van der Waals surface area contributed by atoms with Gasteiger partial charge in [0, 0.05) is 25.3 Å². The fraction of sp³-hybridized carbons (Fsp3) is 0.556. The highest BCUT2D eigenvalue weighted by Gasteiger charge is 2.21. The molecule has 2 rings (SSSR count). The number of hydrogen-bond acceptors (Lipinski definition) is 3. The van der Waals surface area contributed by atoms with E-state index in [0.717, 1.165) is 17.9 Å². The molecular formula is C9H12N2OS. The molecule has 1 aliphatic rings. The van der Waals surface area contributed by atoms with Gasteiger partial charge < -0.3 is 0 Å². The van der Waals surface area contributed by atoms with Crippen LogP contribution in [0.15, 0.2) is 0 Å². The minimum Gasteiger partial charge on any atom is -0.293 e. The van der Waals surface area contributed by atoms with Gasteiger partial charge in [-0.25, -0.2) is 0 Å². The number of hydrogen-bond donors (Lipinski definition) is 0. The molecule has 4 heteroatoms. The van der Waals surface area contributed by atoms with E-state index in [-0.39, 0.29) is 5.78 Å². The van der Waals surface area contributed by atoms with Crippen LogP contribution >= 0.6 is 11.8 Å². The Balaban J connectivity index is 2.53. The number of aromatic nitrogens is 2. The van der Waals surface area contributed by atoms with Gasteiger partial charge >= 0.3 is 0 Å². The number of aryl methyl sites for hydroxylation is 1. The molecule has 0 radical (unpaired) electrons. The lowest BCUT2D eigenvalue weighted by molar-refractivity contribution is 0.101. The molecule has 0 saturated carbocycles. The van der Waals surface area contributed by atoms with E-state index in [1.807, 2.05) is 23.5 Å². The van der Waals surface area contributed by atoms with Gasteiger partial charge in [0.1, 0.15) is 5.69 Å². The van der Waals surface area contributed by atoms with Crippen LogP contribution in [-0.2, 0) is 19.2 Å². The van der Waals surface area contributed by atoms with Crippen molar-refractivity contribution < 1.29 is 4.79 Å². The van der Waals surface area contributed by atoms with Gasteiger partial charge in [0.2, 0.25) is 0 Å². The summed E-state index contributed by atoms with van der Waals surface area (Å²) in [7, 11) is 1.91. The van der Waals surface area contributed by atoms with Crippen LogP contribution in [0.1, 0.15) is 28.7 Å². The number of carbonyl (C=O) groups excluding carboxylic acids is 1. The molecule has 0 unspecified atom stereocenters. The number of ketones is 1. The summed E-state index contributed by atoms with van der Waals surface area (Å²) in [5.74, 6) is 2.19. The standard InChI is InChI=1S/C9H12N2OS/c1-6(12)9-7-3-4-13-5-8(7)11(2)10-9/h3-5H2,1-2H3. The first-order chi connectivity index (χ1) is 6.20. The molecule has 0 N–H and O–H groups in total. The highest BCUT2D eigenvalue weighted by molar-refractivity contribution is 7.98. The number of carbonyl (C=O) groups is 1. The Morgan fingerprint density at radius 1 is 1.62 bits per heavy atom. The maximum atomic E-state index is 11.2. The average Bonchev–Trinajstić information content (AvgIpc) is 2.45. The van der Waals surface area contributed by atoms with Crippen molar-refractivity contribution >= 4 is 17.5 Å². The maximum absolute atomic E-state index is 11.2. The summed E-state index contributed by atoms with van der Waals surface area (Å²) in [5, 5.41) is 4.25. The van der Waals surface area contributed by atoms with Crippen LogP contribution in [0.4, 0.5) is 0 Å². The summed E-state index contributed by atoms with van der Waals surface area (Å²) < 4.78 is 1.85. The molecule has 0 spiro atoms. The predicted octanol–water partition coefficient (Wildman–Crippen LogP) is 1.41. The summed E-state index contributed by atoms with van der Waals surface area (Å²) in [5.41, 5.74) is 3.08. The monoisotopic (exact) mass is 196 g/mol. The molecular weight excluding hydrogens is 184 g/mol. The molecule has 70 valence electrons. The number of thioether (sulfide) groups is 1. The first-order valence-electron chi connectivity index (χ1n) is 4.33. The third kappa shape index (κ3) is 1.39. The van der Waals surface area contributed by atoms with Crippen LogP contribution in [0.5, 0.6) is 0 Å². The highest BCUT2D eigenvalue weighted by atomic mass is 32.2. The molecule has 1 aromatic heterocycles. The van der Waals surface area contributed by atoms with Crippen LogP contribution in [0, 0.1) is 0 Å². The molecule has 0 aromatic carbocycles. The number of rotatable bonds is 1. The molecule has 3 nitrogen and oxygen atoms in total. The largest absolute Gasteiger partial charge is 0.293 e. The molecule has 0 amide bonds. The highest BCUT2D eigenvalue weighted by Crippen LogP contribution is 2.26. The zero-order chi connectivity index (χ0) is 9.42. The van der Waals surface area contributed by atoms with Crippen molar-refractivity contribution in [1.29, 1.82) is 0 Å². The quantitative estimate of drug-likeness (QED) is 0.637. The van der Waals surface area contributed by atoms with E-state index >= 15 is 0 Å². The predicted molar refractivity (Wildman–Crippen MR) is 53.1 cm³/mol. The van der Waals surface area contributed by atoms with Crippen LogP contribution in [0.3, 0.4) is 0 Å². The van der Waals surface area contributed by atoms with Crippen molar-refractivity contribution in [3.05, 3.63) is 17.0 Å². The SMILES string of the molecule is CC(=O)c1nn(C)c2c1CCSC2. The van der Waals surface area contributed by atoms with Crippen molar-refractivity contribution in [3.63, 3.8) is 0 Å². The molecule has 0 atom stereocenters. The molecule has 1 aliphatic heterocycles. The van der Waals surface area contributed by atoms with E-state index in [2.05, 4.69) is 5.10 Å². The van der Waals surface area contributed by atoms with E-state index < -0.39 is 0 Å². The Morgan fingerprint density at radius 2 is 2.38 bits per heavy atom. The van der Waals surface area contributed by atoms with Gasteiger partial charge in [0.15, 0.2) is 5.78 Å². The van der Waals surface area contributed by atoms with Gasteiger partial charge in [-0.05, 0) is 12.2 Å². The first-order valence-corrected chi connectivity index (χ1v) is 5.49. The Morgan fingerprint density at radius 3 is 3.08 bits per heavy atom. The smallest absolute Gasteiger partial charge is 0.180 e. The van der Waals surface area contributed by atoms with Crippen LogP contribution in [-0.4, -0.2) is 21.3 Å². The van der Waals surface area contributed by atoms with Gasteiger partial charge in [-0.3, -0.25) is 9.48 Å². The van der Waals surface area contributed by atoms with Gasteiger partial charge in [-0.15, -0.1) is 0 Å². The molecule has 13 heavy (non-hydrogen) atoms. The Bertz CT molecular complexity index is 357. The van der Waals surface area contributed by atoms with Crippen LogP contribution < -0.4 is 0 Å². The molecule has 2 heterocycles. The van der Waals surface area contributed by atoms with E-state index in [4.69, 9.17) is 0 Å². The second kappa shape index (κ2) is 3.18. The normalized spacial score (nSPS) is 15.5.